The van der Waals surface area contributed by atoms with E-state index in [1.54, 1.807) is 6.92 Å². The number of rotatable bonds is 5. The molecule has 1 aliphatic heterocycles. The number of hydrogen-bond acceptors (Lipinski definition) is 3. The Morgan fingerprint density at radius 1 is 1.37 bits per heavy atom. The molecule has 0 spiro atoms. The molecule has 1 rings (SSSR count). The quantitative estimate of drug-likeness (QED) is 0.782. The van der Waals surface area contributed by atoms with Crippen molar-refractivity contribution >= 4 is 11.8 Å². The van der Waals surface area contributed by atoms with Crippen LogP contribution in [0, 0.1) is 0 Å². The van der Waals surface area contributed by atoms with Crippen LogP contribution in [0.15, 0.2) is 0 Å². The topological polar surface area (TPSA) is 49.4 Å². The largest absolute Gasteiger partial charge is 0.390 e. The molecule has 0 aromatic heterocycles. The first kappa shape index (κ1) is 15.9. The van der Waals surface area contributed by atoms with Crippen LogP contribution < -0.4 is 5.32 Å². The zero-order valence-electron chi connectivity index (χ0n) is 11.3. The minimum Gasteiger partial charge on any atom is -0.303 e. The molecular weight excluding hydrogens is 261 g/mol. The van der Waals surface area contributed by atoms with E-state index in [2.05, 4.69) is 5.32 Å². The molecule has 3 atom stereocenters. The standard InChI is InChI=1S/C12H19F3N2O2/c1-4-8(3)17-10(18)5-9(11(17)19)16-7(2)6-12(13,14)15/h7-9,16H,4-6H2,1-3H3. The maximum Gasteiger partial charge on any atom is 0.390 e. The number of likely N-dealkylation sites (tertiary alicyclic amines) is 1. The highest BCUT2D eigenvalue weighted by molar-refractivity contribution is 6.05. The third kappa shape index (κ3) is 4.19. The van der Waals surface area contributed by atoms with E-state index in [9.17, 15) is 22.8 Å². The van der Waals surface area contributed by atoms with Crippen molar-refractivity contribution in [3.05, 3.63) is 0 Å². The van der Waals surface area contributed by atoms with Crippen molar-refractivity contribution in [2.75, 3.05) is 0 Å². The Kier molecular flexibility index (Phi) is 4.95. The molecule has 0 aromatic rings. The summed E-state index contributed by atoms with van der Waals surface area (Å²) in [6, 6.07) is -1.94. The average Bonchev–Trinajstić information content (AvgIpc) is 2.50. The lowest BCUT2D eigenvalue weighted by atomic mass is 10.1. The van der Waals surface area contributed by atoms with Crippen LogP contribution in [0.1, 0.15) is 40.0 Å². The summed E-state index contributed by atoms with van der Waals surface area (Å²) in [6.07, 6.45) is -4.74. The molecule has 0 radical (unpaired) electrons. The van der Waals surface area contributed by atoms with E-state index < -0.39 is 30.6 Å². The summed E-state index contributed by atoms with van der Waals surface area (Å²) >= 11 is 0. The van der Waals surface area contributed by atoms with Crippen LogP contribution in [0.5, 0.6) is 0 Å². The maximum atomic E-state index is 12.2. The number of halogens is 3. The van der Waals surface area contributed by atoms with Gasteiger partial charge in [-0.15, -0.1) is 0 Å². The van der Waals surface area contributed by atoms with Crippen LogP contribution in [-0.4, -0.2) is 41.0 Å². The molecule has 110 valence electrons. The lowest BCUT2D eigenvalue weighted by Crippen LogP contribution is -2.46. The molecular formula is C12H19F3N2O2. The molecule has 19 heavy (non-hydrogen) atoms. The van der Waals surface area contributed by atoms with Gasteiger partial charge in [-0.2, -0.15) is 13.2 Å². The molecule has 1 fully saturated rings. The predicted molar refractivity (Wildman–Crippen MR) is 63.3 cm³/mol. The number of imide groups is 1. The average molecular weight is 280 g/mol. The molecule has 1 N–H and O–H groups in total. The third-order valence-corrected chi connectivity index (χ3v) is 3.24. The molecule has 1 saturated heterocycles. The fourth-order valence-corrected chi connectivity index (χ4v) is 2.18. The predicted octanol–water partition coefficient (Wildman–Crippen LogP) is 1.84. The zero-order valence-corrected chi connectivity index (χ0v) is 11.3. The summed E-state index contributed by atoms with van der Waals surface area (Å²) in [7, 11) is 0. The molecule has 3 unspecified atom stereocenters. The second kappa shape index (κ2) is 5.90. The van der Waals surface area contributed by atoms with Crippen molar-refractivity contribution in [1.29, 1.82) is 0 Å². The van der Waals surface area contributed by atoms with Gasteiger partial charge in [0.05, 0.1) is 18.9 Å². The molecule has 4 nitrogen and oxygen atoms in total. The highest BCUT2D eigenvalue weighted by Gasteiger charge is 2.42. The van der Waals surface area contributed by atoms with E-state index in [1.165, 1.54) is 6.92 Å². The van der Waals surface area contributed by atoms with Gasteiger partial charge in [-0.05, 0) is 20.3 Å². The van der Waals surface area contributed by atoms with Crippen LogP contribution in [0.25, 0.3) is 0 Å². The minimum absolute atomic E-state index is 0.0641. The van der Waals surface area contributed by atoms with Crippen LogP contribution in [0.4, 0.5) is 13.2 Å². The fraction of sp³-hybridized carbons (Fsp3) is 0.833. The second-order valence-corrected chi connectivity index (χ2v) is 5.00. The van der Waals surface area contributed by atoms with Gasteiger partial charge >= 0.3 is 6.18 Å². The van der Waals surface area contributed by atoms with Crippen molar-refractivity contribution in [2.45, 2.75) is 64.3 Å². The van der Waals surface area contributed by atoms with Crippen molar-refractivity contribution in [2.24, 2.45) is 0 Å². The first-order valence-corrected chi connectivity index (χ1v) is 6.34. The minimum atomic E-state index is -4.28. The SMILES string of the molecule is CCC(C)N1C(=O)CC(NC(C)CC(F)(F)F)C1=O. The molecule has 2 amide bonds. The van der Waals surface area contributed by atoms with E-state index in [0.717, 1.165) is 4.90 Å². The fourth-order valence-electron chi connectivity index (χ4n) is 2.18. The summed E-state index contributed by atoms with van der Waals surface area (Å²) in [5, 5.41) is 2.59. The lowest BCUT2D eigenvalue weighted by molar-refractivity contribution is -0.144. The van der Waals surface area contributed by atoms with Crippen LogP contribution in [0.3, 0.4) is 0 Å². The van der Waals surface area contributed by atoms with Crippen molar-refractivity contribution < 1.29 is 22.8 Å². The van der Waals surface area contributed by atoms with E-state index in [1.807, 2.05) is 6.92 Å². The monoisotopic (exact) mass is 280 g/mol. The van der Waals surface area contributed by atoms with Crippen LogP contribution in [-0.2, 0) is 9.59 Å². The molecule has 0 saturated carbocycles. The van der Waals surface area contributed by atoms with E-state index in [4.69, 9.17) is 0 Å². The summed E-state index contributed by atoms with van der Waals surface area (Å²) in [6.45, 7) is 4.95. The Morgan fingerprint density at radius 2 is 1.95 bits per heavy atom. The first-order valence-electron chi connectivity index (χ1n) is 6.34. The molecule has 1 heterocycles. The van der Waals surface area contributed by atoms with Crippen molar-refractivity contribution in [1.82, 2.24) is 10.2 Å². The molecule has 0 bridgehead atoms. The van der Waals surface area contributed by atoms with Crippen molar-refractivity contribution in [3.8, 4) is 0 Å². The first-order chi connectivity index (χ1) is 8.65. The van der Waals surface area contributed by atoms with Gasteiger partial charge in [0, 0.05) is 12.1 Å². The van der Waals surface area contributed by atoms with E-state index in [-0.39, 0.29) is 18.4 Å². The van der Waals surface area contributed by atoms with Crippen molar-refractivity contribution in [3.63, 3.8) is 0 Å². The van der Waals surface area contributed by atoms with Gasteiger partial charge in [0.1, 0.15) is 0 Å². The van der Waals surface area contributed by atoms with E-state index in [0.29, 0.717) is 6.42 Å². The molecule has 0 aliphatic carbocycles. The number of nitrogens with zero attached hydrogens (tertiary/aromatic N) is 1. The number of hydrogen-bond donors (Lipinski definition) is 1. The van der Waals surface area contributed by atoms with E-state index >= 15 is 0 Å². The van der Waals surface area contributed by atoms with Gasteiger partial charge in [0.25, 0.3) is 0 Å². The molecule has 7 heteroatoms. The Morgan fingerprint density at radius 3 is 2.42 bits per heavy atom. The van der Waals surface area contributed by atoms with Crippen LogP contribution >= 0.6 is 0 Å². The van der Waals surface area contributed by atoms with Gasteiger partial charge in [0.2, 0.25) is 11.8 Å². The number of alkyl halides is 3. The Bertz CT molecular complexity index is 357. The second-order valence-electron chi connectivity index (χ2n) is 5.00. The third-order valence-electron chi connectivity index (χ3n) is 3.24. The number of nitrogens with one attached hydrogen (secondary N) is 1. The summed E-state index contributed by atoms with van der Waals surface area (Å²) in [4.78, 5) is 24.8. The zero-order chi connectivity index (χ0) is 14.8. The number of carbonyl (C=O) groups excluding carboxylic acids is 2. The normalized spacial score (nSPS) is 23.9. The maximum absolute atomic E-state index is 12.2. The number of carbonyl (C=O) groups is 2. The summed E-state index contributed by atoms with van der Waals surface area (Å²) in [5.74, 6) is -0.746. The molecule has 1 aliphatic rings. The smallest absolute Gasteiger partial charge is 0.303 e. The van der Waals surface area contributed by atoms with Gasteiger partial charge in [-0.1, -0.05) is 6.92 Å². The lowest BCUT2D eigenvalue weighted by Gasteiger charge is -2.23. The highest BCUT2D eigenvalue weighted by Crippen LogP contribution is 2.23. The van der Waals surface area contributed by atoms with Gasteiger partial charge in [0.15, 0.2) is 0 Å². The molecule has 0 aromatic carbocycles. The van der Waals surface area contributed by atoms with Crippen LogP contribution in [0.2, 0.25) is 0 Å². The Hall–Kier alpha value is -1.11. The summed E-state index contributed by atoms with van der Waals surface area (Å²) < 4.78 is 36.6. The van der Waals surface area contributed by atoms with Gasteiger partial charge in [-0.3, -0.25) is 14.5 Å². The Labute approximate surface area is 110 Å². The van der Waals surface area contributed by atoms with Gasteiger partial charge in [-0.25, -0.2) is 0 Å². The number of amides is 2. The Balaban J connectivity index is 2.62. The summed E-state index contributed by atoms with van der Waals surface area (Å²) in [5.41, 5.74) is 0. The highest BCUT2D eigenvalue weighted by atomic mass is 19.4. The van der Waals surface area contributed by atoms with Gasteiger partial charge < -0.3 is 5.32 Å².